The number of hydrogen-bond donors (Lipinski definition) is 3. The van der Waals surface area contributed by atoms with Gasteiger partial charge in [-0.2, -0.15) is 5.26 Å². The predicted molar refractivity (Wildman–Crippen MR) is 123 cm³/mol. The predicted octanol–water partition coefficient (Wildman–Crippen LogP) is 0.880. The molecule has 34 heavy (non-hydrogen) atoms. The van der Waals surface area contributed by atoms with E-state index < -0.39 is 30.1 Å². The van der Waals surface area contributed by atoms with Crippen molar-refractivity contribution < 1.29 is 23.9 Å². The van der Waals surface area contributed by atoms with Gasteiger partial charge < -0.3 is 25.6 Å². The smallest absolute Gasteiger partial charge is 0.408 e. The number of carbonyl (C=O) groups excluding carboxylic acids is 4. The number of rotatable bonds is 7. The number of nitriles is 1. The van der Waals surface area contributed by atoms with Crippen LogP contribution in [0.3, 0.4) is 0 Å². The zero-order chi connectivity index (χ0) is 24.1. The summed E-state index contributed by atoms with van der Waals surface area (Å²) in [6.45, 7) is 0.663. The first-order valence-electron chi connectivity index (χ1n) is 11.3. The molecule has 1 aromatic carbocycles. The Kier molecular flexibility index (Phi) is 7.57. The number of thioether (sulfide) groups is 1. The lowest BCUT2D eigenvalue weighted by molar-refractivity contribution is -0.143. The van der Waals surface area contributed by atoms with Gasteiger partial charge in [0.05, 0.1) is 11.4 Å². The van der Waals surface area contributed by atoms with Crippen LogP contribution < -0.4 is 16.0 Å². The standard InChI is InChI=1S/C23H27N5O5S/c24-11-16(10-15-8-9-25-20(15)29)26-21(30)18-13-34-19-7-6-17(22(31)28(18)19)27-23(32)33-12-14-4-2-1-3-5-14/h1-5,15-19H,6-10,12-13H2,(H,25,29)(H,26,30)(H,27,32)/t15-,16-,17-,18-,19?/m0/s1. The third-order valence-corrected chi connectivity index (χ3v) is 7.67. The minimum absolute atomic E-state index is 0.0926. The minimum atomic E-state index is -0.813. The molecule has 10 nitrogen and oxygen atoms in total. The van der Waals surface area contributed by atoms with Crippen LogP contribution in [0.4, 0.5) is 4.79 Å². The van der Waals surface area contributed by atoms with E-state index in [2.05, 4.69) is 22.0 Å². The number of nitrogens with one attached hydrogen (secondary N) is 3. The van der Waals surface area contributed by atoms with Crippen molar-refractivity contribution in [3.63, 3.8) is 0 Å². The summed E-state index contributed by atoms with van der Waals surface area (Å²) in [6, 6.07) is 8.96. The highest BCUT2D eigenvalue weighted by atomic mass is 32.2. The average molecular weight is 486 g/mol. The summed E-state index contributed by atoms with van der Waals surface area (Å²) in [5.41, 5.74) is 0.836. The first-order valence-corrected chi connectivity index (χ1v) is 12.4. The molecule has 0 radical (unpaired) electrons. The number of carbonyl (C=O) groups is 4. The Morgan fingerprint density at radius 2 is 2.03 bits per heavy atom. The summed E-state index contributed by atoms with van der Waals surface area (Å²) in [7, 11) is 0. The van der Waals surface area contributed by atoms with Crippen molar-refractivity contribution in [3.8, 4) is 6.07 Å². The van der Waals surface area contributed by atoms with Crippen LogP contribution in [0.5, 0.6) is 0 Å². The number of alkyl carbamates (subject to hydrolysis) is 1. The fourth-order valence-corrected chi connectivity index (χ4v) is 5.93. The second-order valence-electron chi connectivity index (χ2n) is 8.59. The van der Waals surface area contributed by atoms with Gasteiger partial charge >= 0.3 is 6.09 Å². The van der Waals surface area contributed by atoms with Crippen LogP contribution in [0, 0.1) is 17.2 Å². The fraction of sp³-hybridized carbons (Fsp3) is 0.522. The Balaban J connectivity index is 1.32. The van der Waals surface area contributed by atoms with Gasteiger partial charge in [0.25, 0.3) is 0 Å². The quantitative estimate of drug-likeness (QED) is 0.521. The van der Waals surface area contributed by atoms with Crippen molar-refractivity contribution in [2.24, 2.45) is 5.92 Å². The lowest BCUT2D eigenvalue weighted by Crippen LogP contribution is -2.59. The van der Waals surface area contributed by atoms with E-state index in [1.165, 1.54) is 16.7 Å². The molecule has 3 fully saturated rings. The highest BCUT2D eigenvalue weighted by Gasteiger charge is 2.47. The van der Waals surface area contributed by atoms with Crippen LogP contribution in [0.15, 0.2) is 30.3 Å². The monoisotopic (exact) mass is 485 g/mol. The van der Waals surface area contributed by atoms with Gasteiger partial charge in [-0.05, 0) is 31.2 Å². The van der Waals surface area contributed by atoms with E-state index in [-0.39, 0.29) is 36.1 Å². The molecule has 0 saturated carbocycles. The second-order valence-corrected chi connectivity index (χ2v) is 9.80. The van der Waals surface area contributed by atoms with Gasteiger partial charge in [0.1, 0.15) is 24.7 Å². The van der Waals surface area contributed by atoms with Crippen molar-refractivity contribution in [1.29, 1.82) is 5.26 Å². The average Bonchev–Trinajstić information content (AvgIpc) is 3.46. The van der Waals surface area contributed by atoms with Gasteiger partial charge in [0.2, 0.25) is 17.7 Å². The number of amides is 4. The molecular formula is C23H27N5O5S. The van der Waals surface area contributed by atoms with Gasteiger partial charge in [-0.15, -0.1) is 11.8 Å². The van der Waals surface area contributed by atoms with Crippen LogP contribution >= 0.6 is 11.8 Å². The van der Waals surface area contributed by atoms with Crippen LogP contribution in [0.1, 0.15) is 31.2 Å². The summed E-state index contributed by atoms with van der Waals surface area (Å²) >= 11 is 1.52. The van der Waals surface area contributed by atoms with Crippen molar-refractivity contribution in [2.75, 3.05) is 12.3 Å². The van der Waals surface area contributed by atoms with Gasteiger partial charge in [0.15, 0.2) is 0 Å². The molecule has 0 aliphatic carbocycles. The molecule has 1 aromatic rings. The van der Waals surface area contributed by atoms with Gasteiger partial charge in [-0.3, -0.25) is 14.4 Å². The van der Waals surface area contributed by atoms with Crippen LogP contribution in [0.2, 0.25) is 0 Å². The lowest BCUT2D eigenvalue weighted by atomic mass is 9.98. The zero-order valence-electron chi connectivity index (χ0n) is 18.6. The maximum Gasteiger partial charge on any atom is 0.408 e. The molecule has 3 heterocycles. The molecule has 5 atom stereocenters. The van der Waals surface area contributed by atoms with E-state index >= 15 is 0 Å². The molecule has 0 aromatic heterocycles. The molecule has 180 valence electrons. The SMILES string of the molecule is N#C[C@H](C[C@@H]1CCNC1=O)NC(=O)[C@@H]1CSC2CC[C@H](NC(=O)OCc3ccccc3)C(=O)N21. The molecule has 3 saturated heterocycles. The molecule has 11 heteroatoms. The van der Waals surface area contributed by atoms with Gasteiger partial charge in [-0.25, -0.2) is 4.79 Å². The molecule has 3 N–H and O–H groups in total. The van der Waals surface area contributed by atoms with Crippen molar-refractivity contribution in [3.05, 3.63) is 35.9 Å². The summed E-state index contributed by atoms with van der Waals surface area (Å²) in [5.74, 6) is -0.745. The Morgan fingerprint density at radius 1 is 1.24 bits per heavy atom. The number of hydrogen-bond acceptors (Lipinski definition) is 7. The fourth-order valence-electron chi connectivity index (χ4n) is 4.50. The topological polar surface area (TPSA) is 141 Å². The van der Waals surface area contributed by atoms with E-state index in [0.29, 0.717) is 31.6 Å². The van der Waals surface area contributed by atoms with Crippen LogP contribution in [-0.2, 0) is 25.7 Å². The van der Waals surface area contributed by atoms with Gasteiger partial charge in [0, 0.05) is 18.2 Å². The van der Waals surface area contributed by atoms with E-state index in [1.54, 1.807) is 0 Å². The molecule has 3 aliphatic heterocycles. The maximum atomic E-state index is 13.2. The summed E-state index contributed by atoms with van der Waals surface area (Å²) in [4.78, 5) is 51.7. The second kappa shape index (κ2) is 10.8. The third kappa shape index (κ3) is 5.44. The number of piperidine rings is 1. The summed E-state index contributed by atoms with van der Waals surface area (Å²) in [5, 5.41) is 17.4. The number of fused-ring (bicyclic) bond motifs is 1. The number of benzene rings is 1. The Hall–Kier alpha value is -3.26. The molecule has 0 bridgehead atoms. The summed E-state index contributed by atoms with van der Waals surface area (Å²) in [6.07, 6.45) is 1.27. The highest BCUT2D eigenvalue weighted by molar-refractivity contribution is 8.00. The highest BCUT2D eigenvalue weighted by Crippen LogP contribution is 2.36. The van der Waals surface area contributed by atoms with E-state index in [1.807, 2.05) is 30.3 Å². The Labute approximate surface area is 201 Å². The first-order chi connectivity index (χ1) is 16.5. The van der Waals surface area contributed by atoms with E-state index in [0.717, 1.165) is 5.56 Å². The maximum absolute atomic E-state index is 13.2. The van der Waals surface area contributed by atoms with Crippen molar-refractivity contribution >= 4 is 35.6 Å². The van der Waals surface area contributed by atoms with Crippen molar-refractivity contribution in [2.45, 2.75) is 55.8 Å². The van der Waals surface area contributed by atoms with E-state index in [4.69, 9.17) is 4.74 Å². The molecule has 0 spiro atoms. The molecule has 1 unspecified atom stereocenters. The number of ether oxygens (including phenoxy) is 1. The normalized spacial score (nSPS) is 26.7. The Morgan fingerprint density at radius 3 is 2.74 bits per heavy atom. The Bertz CT molecular complexity index is 984. The lowest BCUT2D eigenvalue weighted by Gasteiger charge is -2.36. The number of nitrogens with zero attached hydrogens (tertiary/aromatic N) is 2. The van der Waals surface area contributed by atoms with Crippen molar-refractivity contribution in [1.82, 2.24) is 20.9 Å². The minimum Gasteiger partial charge on any atom is -0.445 e. The molecule has 4 amide bonds. The van der Waals surface area contributed by atoms with Crippen LogP contribution in [0.25, 0.3) is 0 Å². The first kappa shape index (κ1) is 23.9. The molecule has 3 aliphatic rings. The van der Waals surface area contributed by atoms with E-state index in [9.17, 15) is 24.4 Å². The van der Waals surface area contributed by atoms with Crippen LogP contribution in [-0.4, -0.2) is 64.5 Å². The largest absolute Gasteiger partial charge is 0.445 e. The summed E-state index contributed by atoms with van der Waals surface area (Å²) < 4.78 is 5.23. The molecular weight excluding hydrogens is 458 g/mol. The third-order valence-electron chi connectivity index (χ3n) is 6.31. The van der Waals surface area contributed by atoms with Gasteiger partial charge in [-0.1, -0.05) is 30.3 Å². The molecule has 4 rings (SSSR count). The zero-order valence-corrected chi connectivity index (χ0v) is 19.4.